The van der Waals surface area contributed by atoms with Gasteiger partial charge in [0.1, 0.15) is 24.4 Å². The van der Waals surface area contributed by atoms with Crippen molar-refractivity contribution in [3.8, 4) is 0 Å². The van der Waals surface area contributed by atoms with Gasteiger partial charge in [-0.2, -0.15) is 0 Å². The van der Waals surface area contributed by atoms with E-state index in [0.717, 1.165) is 96.3 Å². The Balaban J connectivity index is 2.32. The predicted molar refractivity (Wildman–Crippen MR) is 290 cm³/mol. The number of aliphatic hydroxyl groups is 5. The second-order valence-electron chi connectivity index (χ2n) is 18.3. The lowest BCUT2D eigenvalue weighted by Crippen LogP contribution is -2.60. The van der Waals surface area contributed by atoms with Gasteiger partial charge in [0.2, 0.25) is 5.91 Å². The Morgan fingerprint density at radius 3 is 1.39 bits per heavy atom. The molecule has 6 N–H and O–H groups in total. The van der Waals surface area contributed by atoms with Crippen molar-refractivity contribution in [2.45, 2.75) is 236 Å². The fourth-order valence-corrected chi connectivity index (χ4v) is 7.72. The number of carbonyl (C=O) groups is 1. The summed E-state index contributed by atoms with van der Waals surface area (Å²) >= 11 is 0. The summed E-state index contributed by atoms with van der Waals surface area (Å²) in [6.45, 7) is 3.62. The first-order valence-electron chi connectivity index (χ1n) is 27.3. The van der Waals surface area contributed by atoms with Gasteiger partial charge in [0.05, 0.1) is 25.4 Å². The van der Waals surface area contributed by atoms with E-state index < -0.39 is 49.5 Å². The van der Waals surface area contributed by atoms with Crippen molar-refractivity contribution in [2.75, 3.05) is 13.2 Å². The second-order valence-corrected chi connectivity index (χ2v) is 18.3. The second kappa shape index (κ2) is 48.2. The van der Waals surface area contributed by atoms with Crippen molar-refractivity contribution < 1.29 is 39.8 Å². The van der Waals surface area contributed by atoms with Crippen LogP contribution in [-0.4, -0.2) is 87.5 Å². The molecule has 1 aliphatic heterocycles. The highest BCUT2D eigenvalue weighted by atomic mass is 16.7. The maximum absolute atomic E-state index is 13.0. The van der Waals surface area contributed by atoms with Gasteiger partial charge >= 0.3 is 0 Å². The molecule has 9 heteroatoms. The van der Waals surface area contributed by atoms with Gasteiger partial charge in [-0.3, -0.25) is 4.79 Å². The van der Waals surface area contributed by atoms with Crippen LogP contribution in [0.3, 0.4) is 0 Å². The molecule has 0 aromatic rings. The van der Waals surface area contributed by atoms with Gasteiger partial charge < -0.3 is 40.3 Å². The van der Waals surface area contributed by atoms with Crippen LogP contribution in [0.25, 0.3) is 0 Å². The number of carbonyl (C=O) groups excluding carboxylic acids is 1. The molecular formula is C60H99NO8. The third-order valence-corrected chi connectivity index (χ3v) is 12.0. The molecule has 9 nitrogen and oxygen atoms in total. The maximum Gasteiger partial charge on any atom is 0.220 e. The fraction of sp³-hybridized carbons (Fsp3) is 0.650. The Bertz CT molecular complexity index is 1490. The standard InChI is InChI=1S/C60H99NO8/c1-3-5-7-9-11-13-15-17-19-21-22-23-24-25-26-27-28-29-30-31-32-34-36-38-40-42-44-46-48-50-56(64)61-53(52-68-60-59(67)58(66)57(65)55(51-62)69-60)54(63)49-47-45-43-41-39-37-35-33-20-18-16-14-12-10-8-6-4-2/h5,7,11,13,17,19,22-23,25-26,28-29,31-32,36,38-39,41,47,49,53-55,57-60,62-63,65-67H,3-4,6,8-10,12,14-16,18,20-21,24,27,30,33-35,37,40,42-46,48,50-52H2,1-2H3,(H,61,64)/b7-5-,13-11-,19-17-,23-22-,26-25-,29-28-,32-31-,38-36-,41-39+,49-47+. The van der Waals surface area contributed by atoms with E-state index in [0.29, 0.717) is 12.8 Å². The lowest BCUT2D eigenvalue weighted by atomic mass is 9.99. The molecule has 392 valence electrons. The van der Waals surface area contributed by atoms with Gasteiger partial charge in [-0.25, -0.2) is 0 Å². The highest BCUT2D eigenvalue weighted by molar-refractivity contribution is 5.76. The van der Waals surface area contributed by atoms with Crippen LogP contribution in [0.4, 0.5) is 0 Å². The molecule has 1 aliphatic rings. The van der Waals surface area contributed by atoms with Crippen LogP contribution in [0.1, 0.15) is 194 Å². The topological polar surface area (TPSA) is 149 Å². The van der Waals surface area contributed by atoms with Gasteiger partial charge in [-0.15, -0.1) is 0 Å². The summed E-state index contributed by atoms with van der Waals surface area (Å²) in [5, 5.41) is 54.4. The average molecular weight is 962 g/mol. The zero-order chi connectivity index (χ0) is 50.1. The third-order valence-electron chi connectivity index (χ3n) is 12.0. The number of rotatable bonds is 44. The van der Waals surface area contributed by atoms with E-state index in [1.54, 1.807) is 6.08 Å². The summed E-state index contributed by atoms with van der Waals surface area (Å²) in [4.78, 5) is 13.0. The number of hydrogen-bond acceptors (Lipinski definition) is 8. The van der Waals surface area contributed by atoms with E-state index in [4.69, 9.17) is 9.47 Å². The van der Waals surface area contributed by atoms with Crippen LogP contribution >= 0.6 is 0 Å². The zero-order valence-electron chi connectivity index (χ0n) is 43.3. The van der Waals surface area contributed by atoms with Crippen LogP contribution in [0.5, 0.6) is 0 Å². The minimum absolute atomic E-state index is 0.217. The van der Waals surface area contributed by atoms with Crippen molar-refractivity contribution in [1.29, 1.82) is 0 Å². The molecule has 0 aromatic carbocycles. The smallest absolute Gasteiger partial charge is 0.220 e. The van der Waals surface area contributed by atoms with Gasteiger partial charge in [0.25, 0.3) is 0 Å². The normalized spacial score (nSPS) is 20.5. The van der Waals surface area contributed by atoms with Gasteiger partial charge in [-0.05, 0) is 96.3 Å². The Hall–Kier alpha value is -3.41. The molecule has 1 amide bonds. The van der Waals surface area contributed by atoms with Gasteiger partial charge in [-0.1, -0.05) is 212 Å². The van der Waals surface area contributed by atoms with E-state index in [9.17, 15) is 30.3 Å². The predicted octanol–water partition coefficient (Wildman–Crippen LogP) is 13.2. The van der Waals surface area contributed by atoms with E-state index in [2.05, 4.69) is 129 Å². The number of aliphatic hydroxyl groups excluding tert-OH is 5. The summed E-state index contributed by atoms with van der Waals surface area (Å²) in [7, 11) is 0. The van der Waals surface area contributed by atoms with Crippen molar-refractivity contribution >= 4 is 5.91 Å². The first kappa shape index (κ1) is 63.6. The molecule has 0 aliphatic carbocycles. The summed E-state index contributed by atoms with van der Waals surface area (Å²) < 4.78 is 11.2. The van der Waals surface area contributed by atoms with E-state index in [-0.39, 0.29) is 12.5 Å². The van der Waals surface area contributed by atoms with Crippen molar-refractivity contribution in [3.63, 3.8) is 0 Å². The molecule has 69 heavy (non-hydrogen) atoms. The first-order chi connectivity index (χ1) is 33.8. The number of ether oxygens (including phenoxy) is 2. The maximum atomic E-state index is 13.0. The van der Waals surface area contributed by atoms with E-state index >= 15 is 0 Å². The SMILES string of the molecule is CC/C=C\C/C=C\C/C=C\C/C=C\C/C=C\C/C=C\C/C=C\C/C=C\CCCCCCC(=O)NC(COC1OC(CO)C(O)C(O)C1O)C(O)/C=C/CC/C=C/CCCCCCCCCCCCC. The lowest BCUT2D eigenvalue weighted by molar-refractivity contribution is -0.302. The van der Waals surface area contributed by atoms with Gasteiger partial charge in [0.15, 0.2) is 6.29 Å². The fourth-order valence-electron chi connectivity index (χ4n) is 7.72. The molecule has 0 saturated carbocycles. The highest BCUT2D eigenvalue weighted by Crippen LogP contribution is 2.22. The minimum Gasteiger partial charge on any atom is -0.394 e. The number of allylic oxidation sites excluding steroid dienone is 19. The number of unbranched alkanes of at least 4 members (excludes halogenated alkanes) is 16. The molecule has 0 aromatic heterocycles. The Morgan fingerprint density at radius 2 is 0.913 bits per heavy atom. The molecule has 0 bridgehead atoms. The Labute approximate surface area is 420 Å². The van der Waals surface area contributed by atoms with Crippen molar-refractivity contribution in [1.82, 2.24) is 5.32 Å². The zero-order valence-corrected chi connectivity index (χ0v) is 43.3. The van der Waals surface area contributed by atoms with Crippen molar-refractivity contribution in [3.05, 3.63) is 122 Å². The molecular weight excluding hydrogens is 863 g/mol. The third kappa shape index (κ3) is 38.0. The molecule has 0 spiro atoms. The monoisotopic (exact) mass is 962 g/mol. The summed E-state index contributed by atoms with van der Waals surface area (Å²) in [5.41, 5.74) is 0. The van der Waals surface area contributed by atoms with Crippen LogP contribution in [0, 0.1) is 0 Å². The van der Waals surface area contributed by atoms with Crippen LogP contribution in [-0.2, 0) is 14.3 Å². The summed E-state index contributed by atoms with van der Waals surface area (Å²) in [5.74, 6) is -0.217. The van der Waals surface area contributed by atoms with Crippen LogP contribution < -0.4 is 5.32 Å². The van der Waals surface area contributed by atoms with E-state index in [1.165, 1.54) is 70.6 Å². The van der Waals surface area contributed by atoms with Gasteiger partial charge in [0, 0.05) is 6.42 Å². The molecule has 1 saturated heterocycles. The highest BCUT2D eigenvalue weighted by Gasteiger charge is 2.44. The molecule has 1 fully saturated rings. The molecule has 1 rings (SSSR count). The quantitative estimate of drug-likeness (QED) is 0.0261. The number of hydrogen-bond donors (Lipinski definition) is 6. The summed E-state index contributed by atoms with van der Waals surface area (Å²) in [6.07, 6.45) is 65.3. The van der Waals surface area contributed by atoms with Crippen LogP contribution in [0.2, 0.25) is 0 Å². The minimum atomic E-state index is -1.58. The lowest BCUT2D eigenvalue weighted by Gasteiger charge is -2.40. The Kier molecular flexibility index (Phi) is 44.5. The van der Waals surface area contributed by atoms with Crippen molar-refractivity contribution in [2.24, 2.45) is 0 Å². The van der Waals surface area contributed by atoms with Crippen LogP contribution in [0.15, 0.2) is 122 Å². The first-order valence-corrected chi connectivity index (χ1v) is 27.3. The average Bonchev–Trinajstić information content (AvgIpc) is 3.35. The molecule has 7 unspecified atom stereocenters. The largest absolute Gasteiger partial charge is 0.394 e. The number of nitrogens with one attached hydrogen (secondary N) is 1. The molecule has 1 heterocycles. The van der Waals surface area contributed by atoms with E-state index in [1.807, 2.05) is 6.08 Å². The summed E-state index contributed by atoms with van der Waals surface area (Å²) in [6, 6.07) is -0.845. The number of amides is 1. The molecule has 0 radical (unpaired) electrons. The Morgan fingerprint density at radius 1 is 0.507 bits per heavy atom. The molecule has 7 atom stereocenters.